The predicted molar refractivity (Wildman–Crippen MR) is 63.7 cm³/mol. The van der Waals surface area contributed by atoms with Gasteiger partial charge in [-0.3, -0.25) is 14.9 Å². The average Bonchev–Trinajstić information content (AvgIpc) is 2.24. The maximum absolute atomic E-state index is 11.6. The van der Waals surface area contributed by atoms with E-state index in [1.54, 1.807) is 6.92 Å². The molecular formula is C11H22N2O4. The third kappa shape index (κ3) is 6.91. The Morgan fingerprint density at radius 3 is 2.29 bits per heavy atom. The van der Waals surface area contributed by atoms with Crippen LogP contribution in [0.1, 0.15) is 20.8 Å². The fourth-order valence-corrected chi connectivity index (χ4v) is 1.19. The zero-order chi connectivity index (χ0) is 13.4. The van der Waals surface area contributed by atoms with E-state index in [0.29, 0.717) is 12.5 Å². The summed E-state index contributed by atoms with van der Waals surface area (Å²) in [6, 6.07) is -1.44. The highest BCUT2D eigenvalue weighted by atomic mass is 16.5. The fraction of sp³-hybridized carbons (Fsp3) is 0.818. The van der Waals surface area contributed by atoms with Crippen molar-refractivity contribution in [2.24, 2.45) is 5.92 Å². The molecule has 0 fully saturated rings. The van der Waals surface area contributed by atoms with Crippen LogP contribution < -0.4 is 10.6 Å². The first-order chi connectivity index (χ1) is 7.88. The van der Waals surface area contributed by atoms with Crippen LogP contribution in [0.3, 0.4) is 0 Å². The lowest BCUT2D eigenvalue weighted by Crippen LogP contribution is -2.51. The molecule has 6 heteroatoms. The van der Waals surface area contributed by atoms with Crippen molar-refractivity contribution in [3.05, 3.63) is 0 Å². The number of aliphatic carboxylic acids is 1. The number of carbonyl (C=O) groups excluding carboxylic acids is 1. The molecule has 0 radical (unpaired) electrons. The molecule has 6 nitrogen and oxygen atoms in total. The maximum Gasteiger partial charge on any atom is 0.323 e. The Hall–Kier alpha value is -1.14. The van der Waals surface area contributed by atoms with Crippen LogP contribution in [0.4, 0.5) is 0 Å². The summed E-state index contributed by atoms with van der Waals surface area (Å²) in [5.41, 5.74) is 0. The molecule has 2 unspecified atom stereocenters. The van der Waals surface area contributed by atoms with Gasteiger partial charge in [0.05, 0.1) is 12.6 Å². The zero-order valence-electron chi connectivity index (χ0n) is 10.8. The van der Waals surface area contributed by atoms with E-state index in [-0.39, 0.29) is 12.5 Å². The van der Waals surface area contributed by atoms with Crippen LogP contribution in [0, 0.1) is 5.92 Å². The van der Waals surface area contributed by atoms with E-state index in [4.69, 9.17) is 9.84 Å². The van der Waals surface area contributed by atoms with Crippen molar-refractivity contribution in [1.82, 2.24) is 10.6 Å². The molecule has 100 valence electrons. The summed E-state index contributed by atoms with van der Waals surface area (Å²) >= 11 is 0. The molecule has 0 aromatic rings. The Labute approximate surface area is 102 Å². The van der Waals surface area contributed by atoms with Crippen LogP contribution in [-0.4, -0.2) is 49.3 Å². The Morgan fingerprint density at radius 1 is 1.29 bits per heavy atom. The molecule has 3 N–H and O–H groups in total. The summed E-state index contributed by atoms with van der Waals surface area (Å²) in [6.45, 7) is 6.21. The molecule has 0 rings (SSSR count). The van der Waals surface area contributed by atoms with Gasteiger partial charge in [0.2, 0.25) is 5.91 Å². The van der Waals surface area contributed by atoms with Crippen molar-refractivity contribution >= 4 is 11.9 Å². The standard InChI is InChI=1S/C11H22N2O4/c1-7(2)5-12-10(14)8(3)13-9(6-17-4)11(15)16/h7-9,13H,5-6H2,1-4H3,(H,12,14)(H,15,16). The summed E-state index contributed by atoms with van der Waals surface area (Å²) in [5.74, 6) is -0.878. The highest BCUT2D eigenvalue weighted by Crippen LogP contribution is 1.93. The van der Waals surface area contributed by atoms with Gasteiger partial charge in [-0.15, -0.1) is 0 Å². The average molecular weight is 246 g/mol. The number of hydrogen-bond acceptors (Lipinski definition) is 4. The molecule has 2 atom stereocenters. The topological polar surface area (TPSA) is 87.7 Å². The summed E-state index contributed by atoms with van der Waals surface area (Å²) in [5, 5.41) is 14.3. The number of amides is 1. The maximum atomic E-state index is 11.6. The Bertz CT molecular complexity index is 256. The molecule has 0 spiro atoms. The van der Waals surface area contributed by atoms with Crippen LogP contribution >= 0.6 is 0 Å². The molecule has 0 saturated heterocycles. The largest absolute Gasteiger partial charge is 0.480 e. The number of carboxylic acid groups (broad SMARTS) is 1. The molecular weight excluding hydrogens is 224 g/mol. The van der Waals surface area contributed by atoms with E-state index in [0.717, 1.165) is 0 Å². The highest BCUT2D eigenvalue weighted by molar-refractivity contribution is 5.82. The van der Waals surface area contributed by atoms with Gasteiger partial charge in [-0.1, -0.05) is 13.8 Å². The molecule has 0 aliphatic heterocycles. The first kappa shape index (κ1) is 15.9. The van der Waals surface area contributed by atoms with Crippen LogP contribution in [0.5, 0.6) is 0 Å². The van der Waals surface area contributed by atoms with Crippen molar-refractivity contribution < 1.29 is 19.4 Å². The van der Waals surface area contributed by atoms with Gasteiger partial charge in [-0.25, -0.2) is 0 Å². The van der Waals surface area contributed by atoms with Crippen molar-refractivity contribution in [2.75, 3.05) is 20.3 Å². The number of methoxy groups -OCH3 is 1. The minimum absolute atomic E-state index is 0.0249. The Balaban J connectivity index is 4.15. The lowest BCUT2D eigenvalue weighted by molar-refractivity contribution is -0.141. The number of carboxylic acids is 1. The number of hydrogen-bond donors (Lipinski definition) is 3. The van der Waals surface area contributed by atoms with E-state index in [9.17, 15) is 9.59 Å². The van der Waals surface area contributed by atoms with E-state index in [2.05, 4.69) is 10.6 Å². The second kappa shape index (κ2) is 8.03. The molecule has 0 aromatic carbocycles. The monoisotopic (exact) mass is 246 g/mol. The van der Waals surface area contributed by atoms with Gasteiger partial charge >= 0.3 is 5.97 Å². The van der Waals surface area contributed by atoms with Crippen LogP contribution in [0.2, 0.25) is 0 Å². The second-order valence-corrected chi connectivity index (χ2v) is 4.37. The minimum atomic E-state index is -1.03. The Kier molecular flexibility index (Phi) is 7.49. The Morgan fingerprint density at radius 2 is 1.88 bits per heavy atom. The van der Waals surface area contributed by atoms with Crippen molar-refractivity contribution in [1.29, 1.82) is 0 Å². The number of ether oxygens (including phenoxy) is 1. The third-order valence-electron chi connectivity index (χ3n) is 2.16. The molecule has 0 bridgehead atoms. The number of carbonyl (C=O) groups is 2. The molecule has 0 aliphatic rings. The first-order valence-electron chi connectivity index (χ1n) is 5.64. The summed E-state index contributed by atoms with van der Waals surface area (Å²) in [6.07, 6.45) is 0. The second-order valence-electron chi connectivity index (χ2n) is 4.37. The van der Waals surface area contributed by atoms with Gasteiger partial charge in [0.25, 0.3) is 0 Å². The van der Waals surface area contributed by atoms with E-state index in [1.165, 1.54) is 7.11 Å². The van der Waals surface area contributed by atoms with Crippen molar-refractivity contribution in [2.45, 2.75) is 32.9 Å². The van der Waals surface area contributed by atoms with Gasteiger partial charge in [-0.2, -0.15) is 0 Å². The molecule has 0 aliphatic carbocycles. The van der Waals surface area contributed by atoms with Crippen LogP contribution in [0.25, 0.3) is 0 Å². The quantitative estimate of drug-likeness (QED) is 0.554. The number of rotatable bonds is 8. The molecule has 0 heterocycles. The molecule has 0 saturated carbocycles. The van der Waals surface area contributed by atoms with Crippen molar-refractivity contribution in [3.63, 3.8) is 0 Å². The number of nitrogens with one attached hydrogen (secondary N) is 2. The smallest absolute Gasteiger partial charge is 0.323 e. The van der Waals surface area contributed by atoms with E-state index in [1.807, 2.05) is 13.8 Å². The summed E-state index contributed by atoms with van der Waals surface area (Å²) in [7, 11) is 1.42. The summed E-state index contributed by atoms with van der Waals surface area (Å²) < 4.78 is 4.77. The van der Waals surface area contributed by atoms with Gasteiger partial charge < -0.3 is 15.2 Å². The fourth-order valence-electron chi connectivity index (χ4n) is 1.19. The molecule has 0 aromatic heterocycles. The molecule has 1 amide bonds. The van der Waals surface area contributed by atoms with Gasteiger partial charge in [0, 0.05) is 13.7 Å². The van der Waals surface area contributed by atoms with Crippen LogP contribution in [-0.2, 0) is 14.3 Å². The zero-order valence-corrected chi connectivity index (χ0v) is 10.8. The minimum Gasteiger partial charge on any atom is -0.480 e. The predicted octanol–water partition coefficient (Wildman–Crippen LogP) is -0.164. The third-order valence-corrected chi connectivity index (χ3v) is 2.16. The lowest BCUT2D eigenvalue weighted by Gasteiger charge is -2.19. The van der Waals surface area contributed by atoms with E-state index < -0.39 is 18.1 Å². The lowest BCUT2D eigenvalue weighted by atomic mass is 10.2. The van der Waals surface area contributed by atoms with Gasteiger partial charge in [0.15, 0.2) is 0 Å². The SMILES string of the molecule is COCC(NC(C)C(=O)NCC(C)C)C(=O)O. The van der Waals surface area contributed by atoms with Crippen LogP contribution in [0.15, 0.2) is 0 Å². The van der Waals surface area contributed by atoms with E-state index >= 15 is 0 Å². The van der Waals surface area contributed by atoms with Gasteiger partial charge in [-0.05, 0) is 12.8 Å². The first-order valence-corrected chi connectivity index (χ1v) is 5.64. The molecule has 17 heavy (non-hydrogen) atoms. The summed E-state index contributed by atoms with van der Waals surface area (Å²) in [4.78, 5) is 22.4. The normalized spacial score (nSPS) is 14.4. The highest BCUT2D eigenvalue weighted by Gasteiger charge is 2.22. The van der Waals surface area contributed by atoms with Crippen molar-refractivity contribution in [3.8, 4) is 0 Å². The van der Waals surface area contributed by atoms with Gasteiger partial charge in [0.1, 0.15) is 6.04 Å².